The van der Waals surface area contributed by atoms with Gasteiger partial charge in [0.2, 0.25) is 5.91 Å². The molecule has 0 aliphatic carbocycles. The molecule has 1 N–H and O–H groups in total. The third-order valence-corrected chi connectivity index (χ3v) is 4.54. The molecule has 25 heavy (non-hydrogen) atoms. The van der Waals surface area contributed by atoms with E-state index in [1.165, 1.54) is 0 Å². The van der Waals surface area contributed by atoms with Gasteiger partial charge < -0.3 is 15.0 Å². The molecule has 0 radical (unpaired) electrons. The predicted molar refractivity (Wildman–Crippen MR) is 98.6 cm³/mol. The van der Waals surface area contributed by atoms with Gasteiger partial charge in [0.05, 0.1) is 19.1 Å². The van der Waals surface area contributed by atoms with E-state index in [1.54, 1.807) is 6.20 Å². The molecule has 1 aliphatic heterocycles. The maximum absolute atomic E-state index is 12.6. The van der Waals surface area contributed by atoms with Gasteiger partial charge in [-0.1, -0.05) is 37.3 Å². The molecule has 1 saturated heterocycles. The van der Waals surface area contributed by atoms with Gasteiger partial charge in [-0.05, 0) is 29.7 Å². The van der Waals surface area contributed by atoms with Gasteiger partial charge in [0.25, 0.3) is 0 Å². The molecule has 1 fully saturated rings. The number of rotatable bonds is 6. The van der Waals surface area contributed by atoms with Crippen LogP contribution in [0.2, 0.25) is 0 Å². The van der Waals surface area contributed by atoms with Gasteiger partial charge in [0, 0.05) is 25.8 Å². The minimum Gasteiger partial charge on any atom is -0.378 e. The molecular weight excluding hydrogens is 314 g/mol. The maximum Gasteiger partial charge on any atom is 0.227 e. The van der Waals surface area contributed by atoms with Crippen molar-refractivity contribution < 1.29 is 9.53 Å². The molecule has 0 spiro atoms. The van der Waals surface area contributed by atoms with Gasteiger partial charge in [-0.15, -0.1) is 0 Å². The monoisotopic (exact) mass is 339 g/mol. The van der Waals surface area contributed by atoms with Gasteiger partial charge in [0.15, 0.2) is 0 Å². The van der Waals surface area contributed by atoms with Crippen LogP contribution >= 0.6 is 0 Å². The van der Waals surface area contributed by atoms with E-state index < -0.39 is 0 Å². The van der Waals surface area contributed by atoms with Crippen LogP contribution < -0.4 is 10.2 Å². The molecule has 0 bridgehead atoms. The molecule has 1 aromatic heterocycles. The first-order valence-electron chi connectivity index (χ1n) is 8.88. The molecule has 3 rings (SSSR count). The van der Waals surface area contributed by atoms with Crippen molar-refractivity contribution in [2.24, 2.45) is 0 Å². The summed E-state index contributed by atoms with van der Waals surface area (Å²) in [5.41, 5.74) is 2.12. The number of anilines is 1. The Morgan fingerprint density at radius 1 is 1.24 bits per heavy atom. The molecule has 1 atom stereocenters. The fraction of sp³-hybridized carbons (Fsp3) is 0.400. The normalized spacial score (nSPS) is 15.6. The molecule has 5 heteroatoms. The highest BCUT2D eigenvalue weighted by Crippen LogP contribution is 2.20. The fourth-order valence-electron chi connectivity index (χ4n) is 3.11. The highest BCUT2D eigenvalue weighted by molar-refractivity contribution is 5.83. The summed E-state index contributed by atoms with van der Waals surface area (Å²) in [7, 11) is 0. The van der Waals surface area contributed by atoms with Crippen molar-refractivity contribution in [3.05, 3.63) is 59.8 Å². The number of morpholine rings is 1. The van der Waals surface area contributed by atoms with E-state index in [-0.39, 0.29) is 11.8 Å². The number of nitrogens with zero attached hydrogens (tertiary/aromatic N) is 2. The van der Waals surface area contributed by atoms with Crippen LogP contribution in [0.15, 0.2) is 48.7 Å². The molecule has 5 nitrogen and oxygen atoms in total. The summed E-state index contributed by atoms with van der Waals surface area (Å²) in [6.45, 7) is 5.74. The van der Waals surface area contributed by atoms with E-state index in [9.17, 15) is 4.79 Å². The van der Waals surface area contributed by atoms with E-state index in [4.69, 9.17) is 4.74 Å². The fourth-order valence-corrected chi connectivity index (χ4v) is 3.11. The largest absolute Gasteiger partial charge is 0.378 e. The first-order valence-corrected chi connectivity index (χ1v) is 8.88. The van der Waals surface area contributed by atoms with Crippen molar-refractivity contribution in [1.82, 2.24) is 10.3 Å². The minimum atomic E-state index is -0.109. The number of hydrogen-bond acceptors (Lipinski definition) is 4. The summed E-state index contributed by atoms with van der Waals surface area (Å²) in [4.78, 5) is 19.2. The van der Waals surface area contributed by atoms with Crippen LogP contribution in [0.5, 0.6) is 0 Å². The molecule has 0 saturated carbocycles. The Balaban J connectivity index is 1.61. The molecule has 1 aromatic carbocycles. The number of amides is 1. The van der Waals surface area contributed by atoms with Crippen LogP contribution in [0, 0.1) is 0 Å². The van der Waals surface area contributed by atoms with Gasteiger partial charge in [-0.3, -0.25) is 4.79 Å². The maximum atomic E-state index is 12.6. The zero-order valence-electron chi connectivity index (χ0n) is 14.6. The lowest BCUT2D eigenvalue weighted by molar-refractivity contribution is -0.122. The summed E-state index contributed by atoms with van der Waals surface area (Å²) >= 11 is 0. The lowest BCUT2D eigenvalue weighted by atomic mass is 9.95. The van der Waals surface area contributed by atoms with Crippen molar-refractivity contribution >= 4 is 11.7 Å². The van der Waals surface area contributed by atoms with Crippen LogP contribution in [-0.4, -0.2) is 37.2 Å². The van der Waals surface area contributed by atoms with Crippen LogP contribution in [0.1, 0.15) is 30.4 Å². The van der Waals surface area contributed by atoms with Crippen LogP contribution in [0.4, 0.5) is 5.82 Å². The van der Waals surface area contributed by atoms with Gasteiger partial charge >= 0.3 is 0 Å². The molecule has 132 valence electrons. The number of carbonyl (C=O) groups excluding carboxylic acids is 1. The lowest BCUT2D eigenvalue weighted by Crippen LogP contribution is -2.36. The second-order valence-electron chi connectivity index (χ2n) is 6.21. The topological polar surface area (TPSA) is 54.5 Å². The van der Waals surface area contributed by atoms with Crippen molar-refractivity contribution in [2.75, 3.05) is 31.2 Å². The zero-order valence-corrected chi connectivity index (χ0v) is 14.6. The van der Waals surface area contributed by atoms with Crippen molar-refractivity contribution in [3.63, 3.8) is 0 Å². The number of nitrogens with one attached hydrogen (secondary N) is 1. The first-order chi connectivity index (χ1) is 12.3. The Hall–Kier alpha value is -2.40. The third-order valence-electron chi connectivity index (χ3n) is 4.54. The van der Waals surface area contributed by atoms with Crippen LogP contribution in [0.25, 0.3) is 0 Å². The van der Waals surface area contributed by atoms with Gasteiger partial charge in [0.1, 0.15) is 5.82 Å². The predicted octanol–water partition coefficient (Wildman–Crippen LogP) is 2.73. The average Bonchev–Trinajstić information content (AvgIpc) is 2.69. The minimum absolute atomic E-state index is 0.0680. The van der Waals surface area contributed by atoms with Crippen molar-refractivity contribution in [2.45, 2.75) is 25.8 Å². The lowest BCUT2D eigenvalue weighted by Gasteiger charge is -2.28. The Bertz CT molecular complexity index is 684. The summed E-state index contributed by atoms with van der Waals surface area (Å²) < 4.78 is 5.38. The number of hydrogen-bond donors (Lipinski definition) is 1. The van der Waals surface area contributed by atoms with Crippen molar-refractivity contribution in [3.8, 4) is 0 Å². The molecule has 1 aliphatic rings. The quantitative estimate of drug-likeness (QED) is 0.879. The number of pyridine rings is 1. The first kappa shape index (κ1) is 17.4. The Morgan fingerprint density at radius 3 is 2.72 bits per heavy atom. The van der Waals surface area contributed by atoms with Crippen molar-refractivity contribution in [1.29, 1.82) is 0 Å². The number of carbonyl (C=O) groups is 1. The number of ether oxygens (including phenoxy) is 1. The SMILES string of the molecule is CCC(C(=O)NCc1ccnc(N2CCOCC2)c1)c1ccccc1. The number of aromatic nitrogens is 1. The second kappa shape index (κ2) is 8.62. The van der Waals surface area contributed by atoms with E-state index in [0.717, 1.165) is 49.7 Å². The Labute approximate surface area is 149 Å². The average molecular weight is 339 g/mol. The van der Waals surface area contributed by atoms with E-state index >= 15 is 0 Å². The smallest absolute Gasteiger partial charge is 0.227 e. The number of benzene rings is 1. The molecule has 2 aromatic rings. The highest BCUT2D eigenvalue weighted by atomic mass is 16.5. The van der Waals surface area contributed by atoms with Gasteiger partial charge in [-0.25, -0.2) is 4.98 Å². The Kier molecular flexibility index (Phi) is 6.01. The van der Waals surface area contributed by atoms with E-state index in [1.807, 2.05) is 43.3 Å². The molecule has 2 heterocycles. The summed E-state index contributed by atoms with van der Waals surface area (Å²) in [6, 6.07) is 13.9. The van der Waals surface area contributed by atoms with Gasteiger partial charge in [-0.2, -0.15) is 0 Å². The summed E-state index contributed by atoms with van der Waals surface area (Å²) in [5, 5.41) is 3.07. The van der Waals surface area contributed by atoms with Crippen LogP contribution in [-0.2, 0) is 16.1 Å². The van der Waals surface area contributed by atoms with E-state index in [0.29, 0.717) is 6.54 Å². The zero-order chi connectivity index (χ0) is 17.5. The van der Waals surface area contributed by atoms with E-state index in [2.05, 4.69) is 21.3 Å². The molecule has 1 amide bonds. The third kappa shape index (κ3) is 4.57. The summed E-state index contributed by atoms with van der Waals surface area (Å²) in [6.07, 6.45) is 2.59. The second-order valence-corrected chi connectivity index (χ2v) is 6.21. The van der Waals surface area contributed by atoms with Crippen LogP contribution in [0.3, 0.4) is 0 Å². The summed E-state index contributed by atoms with van der Waals surface area (Å²) in [5.74, 6) is 0.908. The highest BCUT2D eigenvalue weighted by Gasteiger charge is 2.18. The molecule has 1 unspecified atom stereocenters. The standard InChI is InChI=1S/C20H25N3O2/c1-2-18(17-6-4-3-5-7-17)20(24)22-15-16-8-9-21-19(14-16)23-10-12-25-13-11-23/h3-9,14,18H,2,10-13,15H2,1H3,(H,22,24). The Morgan fingerprint density at radius 2 is 2.00 bits per heavy atom. The molecular formula is C20H25N3O2.